The lowest BCUT2D eigenvalue weighted by Crippen LogP contribution is -2.52. The number of halogens is 1. The molecule has 4 aromatic rings. The summed E-state index contributed by atoms with van der Waals surface area (Å²) in [7, 11) is 0. The standard InChI is InChI=1S/C27H25FN4O2/c1-19(34-24-10-8-23(28)9-11-24)27(33)32-16-14-31(15-17-32)26-13-12-25(29-30-26)22-7-6-20-4-2-3-5-21(20)18-22/h2-13,18-19H,14-17H2,1H3. The van der Waals surface area contributed by atoms with Gasteiger partial charge in [-0.15, -0.1) is 10.2 Å². The first-order valence-corrected chi connectivity index (χ1v) is 11.4. The molecule has 1 amide bonds. The number of rotatable bonds is 5. The van der Waals surface area contributed by atoms with Crippen LogP contribution >= 0.6 is 0 Å². The van der Waals surface area contributed by atoms with Gasteiger partial charge in [0.15, 0.2) is 11.9 Å². The lowest BCUT2D eigenvalue weighted by atomic mass is 10.1. The van der Waals surface area contributed by atoms with Crippen LogP contribution in [0.5, 0.6) is 5.75 Å². The van der Waals surface area contributed by atoms with Crippen LogP contribution in [0.25, 0.3) is 22.0 Å². The van der Waals surface area contributed by atoms with Crippen molar-refractivity contribution in [3.63, 3.8) is 0 Å². The van der Waals surface area contributed by atoms with Crippen LogP contribution in [0.4, 0.5) is 10.2 Å². The first kappa shape index (κ1) is 21.8. The number of hydrogen-bond acceptors (Lipinski definition) is 5. The van der Waals surface area contributed by atoms with Gasteiger partial charge in [-0.1, -0.05) is 36.4 Å². The van der Waals surface area contributed by atoms with Gasteiger partial charge in [0.2, 0.25) is 0 Å². The molecule has 0 bridgehead atoms. The lowest BCUT2D eigenvalue weighted by Gasteiger charge is -2.36. The summed E-state index contributed by atoms with van der Waals surface area (Å²) in [6, 6.07) is 24.2. The third-order valence-corrected chi connectivity index (χ3v) is 6.09. The third kappa shape index (κ3) is 4.69. The van der Waals surface area contributed by atoms with Crippen molar-refractivity contribution in [2.24, 2.45) is 0 Å². The number of anilines is 1. The summed E-state index contributed by atoms with van der Waals surface area (Å²) >= 11 is 0. The van der Waals surface area contributed by atoms with Gasteiger partial charge in [-0.25, -0.2) is 4.39 Å². The molecule has 1 unspecified atom stereocenters. The van der Waals surface area contributed by atoms with Crippen molar-refractivity contribution < 1.29 is 13.9 Å². The number of aromatic nitrogens is 2. The van der Waals surface area contributed by atoms with Crippen LogP contribution in [-0.2, 0) is 4.79 Å². The number of piperazine rings is 1. The van der Waals surface area contributed by atoms with E-state index in [9.17, 15) is 9.18 Å². The van der Waals surface area contributed by atoms with Crippen LogP contribution in [0.1, 0.15) is 6.92 Å². The van der Waals surface area contributed by atoms with Crippen molar-refractivity contribution in [1.29, 1.82) is 0 Å². The molecule has 7 heteroatoms. The minimum absolute atomic E-state index is 0.0817. The highest BCUT2D eigenvalue weighted by atomic mass is 19.1. The summed E-state index contributed by atoms with van der Waals surface area (Å²) in [4.78, 5) is 16.7. The first-order valence-electron chi connectivity index (χ1n) is 11.4. The van der Waals surface area contributed by atoms with Crippen LogP contribution < -0.4 is 9.64 Å². The van der Waals surface area contributed by atoms with Gasteiger partial charge in [0, 0.05) is 31.7 Å². The van der Waals surface area contributed by atoms with Gasteiger partial charge in [0.1, 0.15) is 11.6 Å². The van der Waals surface area contributed by atoms with E-state index in [4.69, 9.17) is 4.74 Å². The Bertz CT molecular complexity index is 1290. The average Bonchev–Trinajstić information content (AvgIpc) is 2.89. The van der Waals surface area contributed by atoms with Crippen molar-refractivity contribution in [2.45, 2.75) is 13.0 Å². The molecular weight excluding hydrogens is 431 g/mol. The number of ether oxygens (including phenoxy) is 1. The van der Waals surface area contributed by atoms with Gasteiger partial charge >= 0.3 is 0 Å². The zero-order valence-corrected chi connectivity index (χ0v) is 18.9. The van der Waals surface area contributed by atoms with E-state index in [1.54, 1.807) is 11.8 Å². The van der Waals surface area contributed by atoms with E-state index in [1.165, 1.54) is 35.0 Å². The summed E-state index contributed by atoms with van der Waals surface area (Å²) < 4.78 is 18.8. The van der Waals surface area contributed by atoms with E-state index in [0.717, 1.165) is 17.1 Å². The summed E-state index contributed by atoms with van der Waals surface area (Å²) in [5, 5.41) is 11.3. The monoisotopic (exact) mass is 456 g/mol. The van der Waals surface area contributed by atoms with E-state index < -0.39 is 6.10 Å². The van der Waals surface area contributed by atoms with Crippen molar-refractivity contribution in [1.82, 2.24) is 15.1 Å². The molecule has 1 atom stereocenters. The molecule has 0 saturated carbocycles. The number of hydrogen-bond donors (Lipinski definition) is 0. The van der Waals surface area contributed by atoms with Crippen molar-refractivity contribution in [3.05, 3.63) is 84.7 Å². The summed E-state index contributed by atoms with van der Waals surface area (Å²) in [6.45, 7) is 4.20. The Hall–Kier alpha value is -4.00. The topological polar surface area (TPSA) is 58.6 Å². The van der Waals surface area contributed by atoms with Crippen LogP contribution in [0.3, 0.4) is 0 Å². The molecule has 1 aromatic heterocycles. The lowest BCUT2D eigenvalue weighted by molar-refractivity contribution is -0.138. The third-order valence-electron chi connectivity index (χ3n) is 6.09. The van der Waals surface area contributed by atoms with Crippen molar-refractivity contribution in [3.8, 4) is 17.0 Å². The fourth-order valence-corrected chi connectivity index (χ4v) is 4.18. The fraction of sp³-hybridized carbons (Fsp3) is 0.222. The number of fused-ring (bicyclic) bond motifs is 1. The SMILES string of the molecule is CC(Oc1ccc(F)cc1)C(=O)N1CCN(c2ccc(-c3ccc4ccccc4c3)nn2)CC1. The predicted octanol–water partition coefficient (Wildman–Crippen LogP) is 4.55. The number of carbonyl (C=O) groups is 1. The van der Waals surface area contributed by atoms with Crippen LogP contribution in [0, 0.1) is 5.82 Å². The minimum Gasteiger partial charge on any atom is -0.481 e. The average molecular weight is 457 g/mol. The Labute approximate surface area is 197 Å². The number of benzene rings is 3. The van der Waals surface area contributed by atoms with Gasteiger partial charge in [0.05, 0.1) is 5.69 Å². The second kappa shape index (κ2) is 9.47. The van der Waals surface area contributed by atoms with Crippen molar-refractivity contribution in [2.75, 3.05) is 31.1 Å². The Morgan fingerprint density at radius 2 is 1.62 bits per heavy atom. The molecule has 0 aliphatic carbocycles. The molecule has 0 spiro atoms. The molecule has 1 saturated heterocycles. The van der Waals surface area contributed by atoms with Crippen molar-refractivity contribution >= 4 is 22.5 Å². The molecule has 6 nitrogen and oxygen atoms in total. The van der Waals surface area contributed by atoms with Gasteiger partial charge < -0.3 is 14.5 Å². The maximum absolute atomic E-state index is 13.1. The van der Waals surface area contributed by atoms with E-state index in [-0.39, 0.29) is 11.7 Å². The maximum Gasteiger partial charge on any atom is 0.263 e. The highest BCUT2D eigenvalue weighted by molar-refractivity contribution is 5.86. The maximum atomic E-state index is 13.1. The summed E-state index contributed by atoms with van der Waals surface area (Å²) in [6.07, 6.45) is -0.641. The van der Waals surface area contributed by atoms with E-state index in [1.807, 2.05) is 24.3 Å². The molecule has 2 heterocycles. The number of nitrogens with zero attached hydrogens (tertiary/aromatic N) is 4. The Morgan fingerprint density at radius 1 is 0.882 bits per heavy atom. The molecule has 0 radical (unpaired) electrons. The Morgan fingerprint density at radius 3 is 2.32 bits per heavy atom. The zero-order valence-electron chi connectivity index (χ0n) is 18.9. The summed E-state index contributed by atoms with van der Waals surface area (Å²) in [5.74, 6) is 0.854. The largest absolute Gasteiger partial charge is 0.481 e. The minimum atomic E-state index is -0.641. The van der Waals surface area contributed by atoms with Crippen LogP contribution in [-0.4, -0.2) is 53.3 Å². The Kier molecular flexibility index (Phi) is 6.08. The van der Waals surface area contributed by atoms with Gasteiger partial charge in [-0.2, -0.15) is 0 Å². The zero-order chi connectivity index (χ0) is 23.5. The normalized spacial score (nSPS) is 14.8. The highest BCUT2D eigenvalue weighted by Gasteiger charge is 2.26. The molecule has 1 fully saturated rings. The van der Waals surface area contributed by atoms with Gasteiger partial charge in [-0.05, 0) is 60.2 Å². The van der Waals surface area contributed by atoms with Gasteiger partial charge in [0.25, 0.3) is 5.91 Å². The Balaban J connectivity index is 1.19. The first-order chi connectivity index (χ1) is 16.6. The molecule has 1 aliphatic rings. The predicted molar refractivity (Wildman–Crippen MR) is 130 cm³/mol. The number of carbonyl (C=O) groups excluding carboxylic acids is 1. The second-order valence-corrected chi connectivity index (χ2v) is 8.37. The van der Waals surface area contributed by atoms with E-state index in [2.05, 4.69) is 45.4 Å². The molecule has 34 heavy (non-hydrogen) atoms. The second-order valence-electron chi connectivity index (χ2n) is 8.37. The number of amides is 1. The molecular formula is C27H25FN4O2. The van der Waals surface area contributed by atoms with Gasteiger partial charge in [-0.3, -0.25) is 4.79 Å². The smallest absolute Gasteiger partial charge is 0.263 e. The van der Waals surface area contributed by atoms with Crippen LogP contribution in [0.15, 0.2) is 78.9 Å². The fourth-order valence-electron chi connectivity index (χ4n) is 4.18. The molecule has 1 aliphatic heterocycles. The molecule has 3 aromatic carbocycles. The van der Waals surface area contributed by atoms with Crippen LogP contribution in [0.2, 0.25) is 0 Å². The van der Waals surface area contributed by atoms with E-state index in [0.29, 0.717) is 31.9 Å². The van der Waals surface area contributed by atoms with E-state index >= 15 is 0 Å². The quantitative estimate of drug-likeness (QED) is 0.441. The summed E-state index contributed by atoms with van der Waals surface area (Å²) in [5.41, 5.74) is 1.86. The highest BCUT2D eigenvalue weighted by Crippen LogP contribution is 2.24. The molecule has 5 rings (SSSR count). The molecule has 172 valence electrons. The molecule has 0 N–H and O–H groups in total.